The van der Waals surface area contributed by atoms with Crippen LogP contribution < -0.4 is 9.80 Å². The molecule has 3 nitrogen and oxygen atoms in total. The normalized spacial score (nSPS) is 14.9. The van der Waals surface area contributed by atoms with Crippen LogP contribution in [0.15, 0.2) is 24.3 Å². The van der Waals surface area contributed by atoms with Gasteiger partial charge in [-0.3, -0.25) is 4.79 Å². The molecule has 1 heterocycles. The fraction of sp³-hybridized carbons (Fsp3) is 0.417. The zero-order valence-corrected chi connectivity index (χ0v) is 10.9. The first-order chi connectivity index (χ1) is 7.74. The predicted octanol–water partition coefficient (Wildman–Crippen LogP) is 2.25. The number of carbonyl (C=O) groups is 1. The predicted molar refractivity (Wildman–Crippen MR) is 70.5 cm³/mol. The zero-order valence-electron chi connectivity index (χ0n) is 9.32. The minimum atomic E-state index is 0.192. The minimum Gasteiger partial charge on any atom is -0.371 e. The van der Waals surface area contributed by atoms with Gasteiger partial charge in [0.2, 0.25) is 5.91 Å². The number of benzene rings is 1. The molecule has 1 aliphatic rings. The van der Waals surface area contributed by atoms with Gasteiger partial charge in [-0.25, -0.2) is 0 Å². The van der Waals surface area contributed by atoms with Crippen LogP contribution in [0.1, 0.15) is 6.42 Å². The Labute approximate surface area is 104 Å². The number of rotatable bonds is 2. The third-order valence-electron chi connectivity index (χ3n) is 2.85. The summed E-state index contributed by atoms with van der Waals surface area (Å²) in [4.78, 5) is 16.0. The molecule has 1 aliphatic heterocycles. The average Bonchev–Trinajstić information content (AvgIpc) is 2.30. The van der Waals surface area contributed by atoms with Crippen molar-refractivity contribution in [3.63, 3.8) is 0 Å². The molecule has 16 heavy (non-hydrogen) atoms. The summed E-state index contributed by atoms with van der Waals surface area (Å²) in [5.74, 6) is 0.192. The summed E-state index contributed by atoms with van der Waals surface area (Å²) in [6, 6.07) is 8.06. The van der Waals surface area contributed by atoms with Crippen molar-refractivity contribution in [2.24, 2.45) is 0 Å². The summed E-state index contributed by atoms with van der Waals surface area (Å²) < 4.78 is 0. The molecular weight excluding hydrogens is 268 g/mol. The van der Waals surface area contributed by atoms with Crippen LogP contribution in [0.3, 0.4) is 0 Å². The van der Waals surface area contributed by atoms with E-state index in [1.165, 1.54) is 0 Å². The van der Waals surface area contributed by atoms with Gasteiger partial charge >= 0.3 is 0 Å². The molecule has 0 atom stereocenters. The van der Waals surface area contributed by atoms with Crippen LogP contribution in [0.5, 0.6) is 0 Å². The standard InChI is InChI=1S/C12H15BrN2O/c1-14-8-9-15(12(16)6-7-13)11-5-3-2-4-10(11)14/h2-5H,6-9H2,1H3. The SMILES string of the molecule is CN1CCN(C(=O)CCBr)c2ccccc21. The lowest BCUT2D eigenvalue weighted by Crippen LogP contribution is -2.42. The molecule has 1 aromatic carbocycles. The minimum absolute atomic E-state index is 0.192. The lowest BCUT2D eigenvalue weighted by atomic mass is 10.1. The molecule has 0 aliphatic carbocycles. The molecule has 0 saturated carbocycles. The third-order valence-corrected chi connectivity index (χ3v) is 3.25. The molecule has 0 radical (unpaired) electrons. The Balaban J connectivity index is 2.31. The highest BCUT2D eigenvalue weighted by atomic mass is 79.9. The number of fused-ring (bicyclic) bond motifs is 1. The van der Waals surface area contributed by atoms with Crippen molar-refractivity contribution in [1.82, 2.24) is 0 Å². The number of nitrogens with zero attached hydrogens (tertiary/aromatic N) is 2. The number of likely N-dealkylation sites (N-methyl/N-ethyl adjacent to an activating group) is 1. The van der Waals surface area contributed by atoms with Crippen molar-refractivity contribution >= 4 is 33.2 Å². The van der Waals surface area contributed by atoms with Gasteiger partial charge < -0.3 is 9.80 Å². The van der Waals surface area contributed by atoms with Gasteiger partial charge in [-0.15, -0.1) is 0 Å². The van der Waals surface area contributed by atoms with Crippen LogP contribution in [0.4, 0.5) is 11.4 Å². The number of para-hydroxylation sites is 2. The highest BCUT2D eigenvalue weighted by Crippen LogP contribution is 2.31. The number of hydrogen-bond acceptors (Lipinski definition) is 2. The molecular formula is C12H15BrN2O. The molecule has 2 rings (SSSR count). The second-order valence-electron chi connectivity index (χ2n) is 3.89. The quantitative estimate of drug-likeness (QED) is 0.777. The van der Waals surface area contributed by atoms with E-state index in [0.717, 1.165) is 29.8 Å². The van der Waals surface area contributed by atoms with Crippen molar-refractivity contribution < 1.29 is 4.79 Å². The topological polar surface area (TPSA) is 23.6 Å². The van der Waals surface area contributed by atoms with Crippen LogP contribution in [0.2, 0.25) is 0 Å². The summed E-state index contributed by atoms with van der Waals surface area (Å²) in [6.45, 7) is 1.67. The van der Waals surface area contributed by atoms with Crippen molar-refractivity contribution in [3.8, 4) is 0 Å². The summed E-state index contributed by atoms with van der Waals surface area (Å²) in [7, 11) is 2.06. The zero-order chi connectivity index (χ0) is 11.5. The molecule has 0 unspecified atom stereocenters. The van der Waals surface area contributed by atoms with E-state index in [1.54, 1.807) is 0 Å². The summed E-state index contributed by atoms with van der Waals surface area (Å²) in [5, 5.41) is 0.723. The van der Waals surface area contributed by atoms with Crippen LogP contribution in [-0.2, 0) is 4.79 Å². The van der Waals surface area contributed by atoms with Crippen LogP contribution in [-0.4, -0.2) is 31.4 Å². The van der Waals surface area contributed by atoms with Crippen molar-refractivity contribution in [3.05, 3.63) is 24.3 Å². The Morgan fingerprint density at radius 1 is 1.31 bits per heavy atom. The summed E-state index contributed by atoms with van der Waals surface area (Å²) in [5.41, 5.74) is 2.17. The Morgan fingerprint density at radius 3 is 2.69 bits per heavy atom. The van der Waals surface area contributed by atoms with E-state index in [2.05, 4.69) is 33.9 Å². The monoisotopic (exact) mass is 282 g/mol. The van der Waals surface area contributed by atoms with E-state index in [1.807, 2.05) is 23.1 Å². The maximum absolute atomic E-state index is 11.9. The lowest BCUT2D eigenvalue weighted by molar-refractivity contribution is -0.118. The molecule has 0 saturated heterocycles. The van der Waals surface area contributed by atoms with E-state index >= 15 is 0 Å². The fourth-order valence-electron chi connectivity index (χ4n) is 1.98. The van der Waals surface area contributed by atoms with Gasteiger partial charge in [0.1, 0.15) is 0 Å². The van der Waals surface area contributed by atoms with Crippen LogP contribution in [0.25, 0.3) is 0 Å². The van der Waals surface area contributed by atoms with Crippen molar-refractivity contribution in [1.29, 1.82) is 0 Å². The second-order valence-corrected chi connectivity index (χ2v) is 4.69. The van der Waals surface area contributed by atoms with Gasteiger partial charge in [0.15, 0.2) is 0 Å². The molecule has 1 aromatic rings. The maximum atomic E-state index is 11.9. The fourth-order valence-corrected chi connectivity index (χ4v) is 2.32. The van der Waals surface area contributed by atoms with Gasteiger partial charge in [-0.05, 0) is 12.1 Å². The molecule has 0 N–H and O–H groups in total. The number of anilines is 2. The Morgan fingerprint density at radius 2 is 2.00 bits per heavy atom. The maximum Gasteiger partial charge on any atom is 0.227 e. The number of carbonyl (C=O) groups excluding carboxylic acids is 1. The van der Waals surface area contributed by atoms with E-state index in [-0.39, 0.29) is 5.91 Å². The van der Waals surface area contributed by atoms with E-state index in [4.69, 9.17) is 0 Å². The highest BCUT2D eigenvalue weighted by Gasteiger charge is 2.23. The van der Waals surface area contributed by atoms with Gasteiger partial charge in [0.25, 0.3) is 0 Å². The Bertz CT molecular complexity index is 394. The third kappa shape index (κ3) is 2.07. The molecule has 0 bridgehead atoms. The number of amides is 1. The average molecular weight is 283 g/mol. The first-order valence-corrected chi connectivity index (χ1v) is 6.52. The molecule has 0 aromatic heterocycles. The van der Waals surface area contributed by atoms with E-state index < -0.39 is 0 Å². The molecule has 4 heteroatoms. The highest BCUT2D eigenvalue weighted by molar-refractivity contribution is 9.09. The van der Waals surface area contributed by atoms with Gasteiger partial charge in [0.05, 0.1) is 11.4 Å². The van der Waals surface area contributed by atoms with Crippen LogP contribution >= 0.6 is 15.9 Å². The molecule has 0 spiro atoms. The first-order valence-electron chi connectivity index (χ1n) is 5.40. The summed E-state index contributed by atoms with van der Waals surface area (Å²) in [6.07, 6.45) is 0.554. The smallest absolute Gasteiger partial charge is 0.227 e. The molecule has 1 amide bonds. The Hall–Kier alpha value is -1.03. The first kappa shape index (κ1) is 11.5. The summed E-state index contributed by atoms with van der Waals surface area (Å²) >= 11 is 3.31. The Kier molecular flexibility index (Phi) is 3.49. The van der Waals surface area contributed by atoms with Crippen molar-refractivity contribution in [2.45, 2.75) is 6.42 Å². The molecule has 86 valence electrons. The van der Waals surface area contributed by atoms with Gasteiger partial charge in [-0.2, -0.15) is 0 Å². The van der Waals surface area contributed by atoms with Crippen molar-refractivity contribution in [2.75, 3.05) is 35.3 Å². The van der Waals surface area contributed by atoms with Crippen LogP contribution in [0, 0.1) is 0 Å². The van der Waals surface area contributed by atoms with Gasteiger partial charge in [-0.1, -0.05) is 28.1 Å². The van der Waals surface area contributed by atoms with Gasteiger partial charge in [0, 0.05) is 31.9 Å². The second kappa shape index (κ2) is 4.87. The lowest BCUT2D eigenvalue weighted by Gasteiger charge is -2.35. The number of halogens is 1. The van der Waals surface area contributed by atoms with E-state index in [9.17, 15) is 4.79 Å². The van der Waals surface area contributed by atoms with E-state index in [0.29, 0.717) is 6.42 Å². The largest absolute Gasteiger partial charge is 0.371 e. The molecule has 0 fully saturated rings. The number of alkyl halides is 1. The number of hydrogen-bond donors (Lipinski definition) is 0.